The molecule has 0 amide bonds. The van der Waals surface area contributed by atoms with E-state index in [1.54, 1.807) is 0 Å². The summed E-state index contributed by atoms with van der Waals surface area (Å²) in [7, 11) is 0. The van der Waals surface area contributed by atoms with Gasteiger partial charge in [0.05, 0.1) is 0 Å². The Balaban J connectivity index is 2.60. The number of allylic oxidation sites excluding steroid dienone is 4. The van der Waals surface area contributed by atoms with E-state index in [0.717, 1.165) is 29.4 Å². The van der Waals surface area contributed by atoms with Gasteiger partial charge in [0.25, 0.3) is 0 Å². The van der Waals surface area contributed by atoms with E-state index in [9.17, 15) is 4.79 Å². The fraction of sp³-hybridized carbons (Fsp3) is 0.389. The molecule has 1 aromatic rings. The number of aldehydes is 1. The Morgan fingerprint density at radius 1 is 1.26 bits per heavy atom. The van der Waals surface area contributed by atoms with Gasteiger partial charge >= 0.3 is 0 Å². The first kappa shape index (κ1) is 13.8. The number of hydrogen-bond acceptors (Lipinski definition) is 1. The maximum atomic E-state index is 10.9. The number of rotatable bonds is 2. The number of fused-ring (bicyclic) bond motifs is 1. The van der Waals surface area contributed by atoms with Crippen molar-refractivity contribution in [3.8, 4) is 0 Å². The molecule has 100 valence electrons. The van der Waals surface area contributed by atoms with E-state index < -0.39 is 0 Å². The molecular weight excluding hydrogens is 232 g/mol. The molecule has 1 heteroatoms. The molecule has 0 N–H and O–H groups in total. The van der Waals surface area contributed by atoms with Gasteiger partial charge in [0.1, 0.15) is 6.29 Å². The summed E-state index contributed by atoms with van der Waals surface area (Å²) < 4.78 is 0. The van der Waals surface area contributed by atoms with E-state index in [2.05, 4.69) is 45.0 Å². The van der Waals surface area contributed by atoms with Crippen molar-refractivity contribution in [1.29, 1.82) is 0 Å². The molecule has 0 bridgehead atoms. The average Bonchev–Trinajstić information content (AvgIpc) is 2.41. The van der Waals surface area contributed by atoms with Crippen molar-refractivity contribution in [3.63, 3.8) is 0 Å². The van der Waals surface area contributed by atoms with Gasteiger partial charge in [-0.25, -0.2) is 0 Å². The monoisotopic (exact) mass is 254 g/mol. The maximum absolute atomic E-state index is 10.9. The van der Waals surface area contributed by atoms with Crippen LogP contribution in [0.2, 0.25) is 0 Å². The van der Waals surface area contributed by atoms with Crippen molar-refractivity contribution in [2.75, 3.05) is 0 Å². The molecule has 0 aromatic heterocycles. The maximum Gasteiger partial charge on any atom is 0.146 e. The van der Waals surface area contributed by atoms with Crippen LogP contribution >= 0.6 is 0 Å². The first-order valence-corrected chi connectivity index (χ1v) is 6.81. The predicted octanol–water partition coefficient (Wildman–Crippen LogP) is 4.76. The lowest BCUT2D eigenvalue weighted by atomic mass is 9.73. The lowest BCUT2D eigenvalue weighted by Crippen LogP contribution is -2.21. The third kappa shape index (κ3) is 2.42. The van der Waals surface area contributed by atoms with Crippen molar-refractivity contribution >= 4 is 17.4 Å². The van der Waals surface area contributed by atoms with Crippen LogP contribution in [0.4, 0.5) is 0 Å². The molecule has 1 nitrogen and oxygen atoms in total. The molecule has 0 radical (unpaired) electrons. The Hall–Kier alpha value is -1.63. The Bertz CT molecular complexity index is 586. The van der Waals surface area contributed by atoms with Gasteiger partial charge in [0, 0.05) is 0 Å². The molecule has 0 heterocycles. The molecule has 0 fully saturated rings. The lowest BCUT2D eigenvalue weighted by molar-refractivity contribution is -0.104. The summed E-state index contributed by atoms with van der Waals surface area (Å²) in [5, 5.41) is 0. The fourth-order valence-corrected chi connectivity index (χ4v) is 2.64. The SMILES string of the molecule is CC1=CCC(C)(C)c2ccc(/C(C)=C(\C)C=O)cc21. The lowest BCUT2D eigenvalue weighted by Gasteiger charge is -2.31. The van der Waals surface area contributed by atoms with E-state index in [0.29, 0.717) is 0 Å². The second-order valence-electron chi connectivity index (χ2n) is 6.16. The fourth-order valence-electron chi connectivity index (χ4n) is 2.64. The molecule has 0 saturated carbocycles. The van der Waals surface area contributed by atoms with E-state index >= 15 is 0 Å². The Labute approximate surface area is 116 Å². The molecule has 1 aliphatic carbocycles. The summed E-state index contributed by atoms with van der Waals surface area (Å²) in [6.45, 7) is 10.6. The molecule has 0 aliphatic heterocycles. The highest BCUT2D eigenvalue weighted by molar-refractivity contribution is 5.87. The molecule has 0 spiro atoms. The van der Waals surface area contributed by atoms with Crippen LogP contribution in [0.3, 0.4) is 0 Å². The first-order chi connectivity index (χ1) is 8.86. The highest BCUT2D eigenvalue weighted by Gasteiger charge is 2.26. The van der Waals surface area contributed by atoms with Crippen LogP contribution in [0, 0.1) is 0 Å². The van der Waals surface area contributed by atoms with E-state index in [1.165, 1.54) is 16.7 Å². The summed E-state index contributed by atoms with van der Waals surface area (Å²) in [6, 6.07) is 6.59. The van der Waals surface area contributed by atoms with Crippen LogP contribution in [-0.2, 0) is 10.2 Å². The topological polar surface area (TPSA) is 17.1 Å². The predicted molar refractivity (Wildman–Crippen MR) is 82.1 cm³/mol. The van der Waals surface area contributed by atoms with Crippen LogP contribution in [0.25, 0.3) is 11.1 Å². The zero-order valence-electron chi connectivity index (χ0n) is 12.5. The summed E-state index contributed by atoms with van der Waals surface area (Å²) in [4.78, 5) is 10.9. The van der Waals surface area contributed by atoms with Gasteiger partial charge < -0.3 is 0 Å². The van der Waals surface area contributed by atoms with Gasteiger partial charge in [-0.3, -0.25) is 4.79 Å². The molecule has 0 atom stereocenters. The largest absolute Gasteiger partial charge is 0.298 e. The highest BCUT2D eigenvalue weighted by atomic mass is 16.1. The minimum Gasteiger partial charge on any atom is -0.298 e. The molecule has 19 heavy (non-hydrogen) atoms. The molecule has 0 unspecified atom stereocenters. The third-order valence-corrected chi connectivity index (χ3v) is 4.29. The third-order valence-electron chi connectivity index (χ3n) is 4.29. The Morgan fingerprint density at radius 3 is 2.58 bits per heavy atom. The van der Waals surface area contributed by atoms with Crippen LogP contribution in [0.15, 0.2) is 29.8 Å². The van der Waals surface area contributed by atoms with E-state index in [4.69, 9.17) is 0 Å². The van der Waals surface area contributed by atoms with Crippen molar-refractivity contribution in [2.24, 2.45) is 0 Å². The van der Waals surface area contributed by atoms with Gasteiger partial charge in [0.15, 0.2) is 0 Å². The second kappa shape index (κ2) is 4.80. The molecule has 1 aromatic carbocycles. The van der Waals surface area contributed by atoms with Crippen LogP contribution < -0.4 is 0 Å². The van der Waals surface area contributed by atoms with Gasteiger partial charge in [-0.05, 0) is 72.1 Å². The van der Waals surface area contributed by atoms with Crippen molar-refractivity contribution in [3.05, 3.63) is 46.5 Å². The number of carbonyl (C=O) groups is 1. The quantitative estimate of drug-likeness (QED) is 0.549. The highest BCUT2D eigenvalue weighted by Crippen LogP contribution is 2.39. The van der Waals surface area contributed by atoms with E-state index in [1.807, 2.05) is 13.8 Å². The summed E-state index contributed by atoms with van der Waals surface area (Å²) in [5.41, 5.74) is 7.29. The summed E-state index contributed by atoms with van der Waals surface area (Å²) in [6.07, 6.45) is 4.34. The number of hydrogen-bond donors (Lipinski definition) is 0. The normalized spacial score (nSPS) is 18.3. The van der Waals surface area contributed by atoms with Crippen LogP contribution in [0.5, 0.6) is 0 Å². The minimum atomic E-state index is 0.199. The second-order valence-corrected chi connectivity index (χ2v) is 6.16. The van der Waals surface area contributed by atoms with Gasteiger partial charge in [-0.2, -0.15) is 0 Å². The smallest absolute Gasteiger partial charge is 0.146 e. The Morgan fingerprint density at radius 2 is 1.95 bits per heavy atom. The molecule has 0 saturated heterocycles. The first-order valence-electron chi connectivity index (χ1n) is 6.81. The zero-order valence-corrected chi connectivity index (χ0v) is 12.5. The minimum absolute atomic E-state index is 0.199. The molecule has 1 aliphatic rings. The molecule has 2 rings (SSSR count). The molecular formula is C18H22O. The van der Waals surface area contributed by atoms with Crippen molar-refractivity contribution in [2.45, 2.75) is 46.5 Å². The van der Waals surface area contributed by atoms with E-state index in [-0.39, 0.29) is 5.41 Å². The van der Waals surface area contributed by atoms with Crippen molar-refractivity contribution < 1.29 is 4.79 Å². The van der Waals surface area contributed by atoms with Gasteiger partial charge in [-0.1, -0.05) is 32.1 Å². The van der Waals surface area contributed by atoms with Crippen molar-refractivity contribution in [1.82, 2.24) is 0 Å². The summed E-state index contributed by atoms with van der Waals surface area (Å²) >= 11 is 0. The van der Waals surface area contributed by atoms with Gasteiger partial charge in [-0.15, -0.1) is 0 Å². The average molecular weight is 254 g/mol. The Kier molecular flexibility index (Phi) is 3.49. The standard InChI is InChI=1S/C18H22O/c1-12-8-9-18(4,5)17-7-6-15(10-16(12)17)14(3)13(2)11-19/h6-8,10-11H,9H2,1-5H3/b14-13+. The zero-order chi connectivity index (χ0) is 14.2. The van der Waals surface area contributed by atoms with Crippen LogP contribution in [-0.4, -0.2) is 6.29 Å². The summed E-state index contributed by atoms with van der Waals surface area (Å²) in [5.74, 6) is 0. The number of benzene rings is 1. The van der Waals surface area contributed by atoms with Gasteiger partial charge in [0.2, 0.25) is 0 Å². The number of carbonyl (C=O) groups excluding carboxylic acids is 1. The van der Waals surface area contributed by atoms with Crippen LogP contribution in [0.1, 0.15) is 57.7 Å².